The van der Waals surface area contributed by atoms with Crippen LogP contribution < -0.4 is 19.2 Å². The summed E-state index contributed by atoms with van der Waals surface area (Å²) in [5.74, 6) is -1.29. The lowest BCUT2D eigenvalue weighted by molar-refractivity contribution is -0.137. The van der Waals surface area contributed by atoms with E-state index in [1.54, 1.807) is 48.4 Å². The van der Waals surface area contributed by atoms with E-state index in [1.807, 2.05) is 6.07 Å². The van der Waals surface area contributed by atoms with Gasteiger partial charge in [0.25, 0.3) is 5.91 Å². The van der Waals surface area contributed by atoms with E-state index in [1.165, 1.54) is 16.7 Å². The molecule has 0 spiro atoms. The minimum atomic E-state index is -0.787. The van der Waals surface area contributed by atoms with Crippen LogP contribution in [0.2, 0.25) is 0 Å². The summed E-state index contributed by atoms with van der Waals surface area (Å²) in [5, 5.41) is -0.187. The van der Waals surface area contributed by atoms with E-state index in [9.17, 15) is 19.2 Å². The molecule has 1 aromatic heterocycles. The molecule has 2 aromatic carbocycles. The van der Waals surface area contributed by atoms with Crippen molar-refractivity contribution in [1.29, 1.82) is 0 Å². The first-order valence-corrected chi connectivity index (χ1v) is 15.0. The number of fused-ring (bicyclic) bond motifs is 2. The fourth-order valence-electron chi connectivity index (χ4n) is 5.28. The number of nitrogens with one attached hydrogen (secondary N) is 1. The minimum absolute atomic E-state index is 0.168. The van der Waals surface area contributed by atoms with E-state index in [4.69, 9.17) is 14.2 Å². The van der Waals surface area contributed by atoms with Gasteiger partial charge in [0, 0.05) is 33.9 Å². The highest BCUT2D eigenvalue weighted by Gasteiger charge is 2.56. The SMILES string of the molecule is COc1ccc(N2C(=O)C3Sc4[nH]c(=O)sc4C(c4cc(Br)ccc4OCC(=O)N4CCOCC4)C3C2=O)cc1. The predicted molar refractivity (Wildman–Crippen MR) is 152 cm³/mol. The summed E-state index contributed by atoms with van der Waals surface area (Å²) in [6.45, 7) is 1.77. The zero-order valence-electron chi connectivity index (χ0n) is 21.3. The Balaban J connectivity index is 1.38. The molecule has 208 valence electrons. The van der Waals surface area contributed by atoms with Gasteiger partial charge in [-0.3, -0.25) is 19.2 Å². The predicted octanol–water partition coefficient (Wildman–Crippen LogP) is 3.24. The number of hydrogen-bond donors (Lipinski definition) is 1. The maximum atomic E-state index is 14.0. The van der Waals surface area contributed by atoms with Gasteiger partial charge < -0.3 is 24.1 Å². The first-order chi connectivity index (χ1) is 19.4. The summed E-state index contributed by atoms with van der Waals surface area (Å²) in [5.41, 5.74) is 1.07. The second-order valence-electron chi connectivity index (χ2n) is 9.42. The number of hydrogen-bond acceptors (Lipinski definition) is 9. The lowest BCUT2D eigenvalue weighted by Crippen LogP contribution is -2.43. The molecule has 3 unspecified atom stereocenters. The molecule has 3 aliphatic rings. The van der Waals surface area contributed by atoms with Gasteiger partial charge in [-0.15, -0.1) is 0 Å². The molecule has 0 saturated carbocycles. The number of aromatic nitrogens is 1. The van der Waals surface area contributed by atoms with E-state index in [2.05, 4.69) is 20.9 Å². The second-order valence-corrected chi connectivity index (χ2v) is 12.5. The first kappa shape index (κ1) is 27.1. The average molecular weight is 647 g/mol. The zero-order valence-corrected chi connectivity index (χ0v) is 24.5. The molecule has 0 bridgehead atoms. The molecule has 10 nitrogen and oxygen atoms in total. The topological polar surface area (TPSA) is 118 Å². The number of benzene rings is 2. The van der Waals surface area contributed by atoms with Gasteiger partial charge in [0.2, 0.25) is 11.8 Å². The van der Waals surface area contributed by atoms with Crippen LogP contribution in [-0.4, -0.2) is 72.9 Å². The van der Waals surface area contributed by atoms with E-state index in [-0.39, 0.29) is 29.2 Å². The van der Waals surface area contributed by atoms with Gasteiger partial charge in [-0.1, -0.05) is 39.0 Å². The number of anilines is 1. The Morgan fingerprint density at radius 1 is 1.10 bits per heavy atom. The monoisotopic (exact) mass is 645 g/mol. The Labute approximate surface area is 245 Å². The van der Waals surface area contributed by atoms with Crippen molar-refractivity contribution >= 4 is 62.4 Å². The summed E-state index contributed by atoms with van der Waals surface area (Å²) >= 11 is 5.75. The van der Waals surface area contributed by atoms with Crippen LogP contribution in [0, 0.1) is 5.92 Å². The van der Waals surface area contributed by atoms with E-state index in [0.29, 0.717) is 59.0 Å². The number of nitrogens with zero attached hydrogens (tertiary/aromatic N) is 2. The number of thiazole rings is 1. The number of morpholine rings is 1. The van der Waals surface area contributed by atoms with Crippen LogP contribution in [0.25, 0.3) is 0 Å². The summed E-state index contributed by atoms with van der Waals surface area (Å²) in [4.78, 5) is 59.2. The third-order valence-electron chi connectivity index (χ3n) is 7.18. The highest BCUT2D eigenvalue weighted by atomic mass is 79.9. The van der Waals surface area contributed by atoms with Crippen LogP contribution in [0.1, 0.15) is 16.4 Å². The molecule has 3 atom stereocenters. The van der Waals surface area contributed by atoms with Crippen LogP contribution in [0.4, 0.5) is 5.69 Å². The van der Waals surface area contributed by atoms with Crippen molar-refractivity contribution in [3.05, 3.63) is 67.0 Å². The Bertz CT molecular complexity index is 1530. The molecule has 0 radical (unpaired) electrons. The number of thioether (sulfide) groups is 1. The van der Waals surface area contributed by atoms with Crippen molar-refractivity contribution in [2.75, 3.05) is 44.9 Å². The lowest BCUT2D eigenvalue weighted by atomic mass is 9.82. The number of amides is 3. The van der Waals surface area contributed by atoms with Crippen LogP contribution in [0.5, 0.6) is 11.5 Å². The summed E-state index contributed by atoms with van der Waals surface area (Å²) in [6.07, 6.45) is 0. The third-order valence-corrected chi connectivity index (χ3v) is 10.1. The molecule has 13 heteroatoms. The fourth-order valence-corrected chi connectivity index (χ4v) is 8.16. The second kappa shape index (κ2) is 11.0. The molecular weight excluding hydrogens is 622 g/mol. The van der Waals surface area contributed by atoms with Gasteiger partial charge in [0.1, 0.15) is 16.7 Å². The molecule has 4 heterocycles. The van der Waals surface area contributed by atoms with E-state index >= 15 is 0 Å². The van der Waals surface area contributed by atoms with Crippen LogP contribution in [0.3, 0.4) is 0 Å². The Hall–Kier alpha value is -3.13. The maximum Gasteiger partial charge on any atom is 0.305 e. The molecule has 0 aliphatic carbocycles. The fraction of sp³-hybridized carbons (Fsp3) is 0.333. The number of aromatic amines is 1. The molecule has 1 N–H and O–H groups in total. The van der Waals surface area contributed by atoms with Crippen LogP contribution in [-0.2, 0) is 19.1 Å². The maximum absolute atomic E-state index is 14.0. The summed E-state index contributed by atoms with van der Waals surface area (Å²) < 4.78 is 17.4. The molecular formula is C27H24BrN3O7S2. The highest BCUT2D eigenvalue weighted by molar-refractivity contribution is 9.10. The minimum Gasteiger partial charge on any atom is -0.497 e. The molecule has 3 aromatic rings. The van der Waals surface area contributed by atoms with Crippen molar-refractivity contribution in [3.63, 3.8) is 0 Å². The van der Waals surface area contributed by atoms with Crippen molar-refractivity contribution in [2.45, 2.75) is 16.2 Å². The number of rotatable bonds is 6. The summed E-state index contributed by atoms with van der Waals surface area (Å²) in [6, 6.07) is 12.1. The number of imide groups is 1. The highest BCUT2D eigenvalue weighted by Crippen LogP contribution is 2.54. The molecule has 3 amide bonds. The molecule has 6 rings (SSSR count). The number of carbonyl (C=O) groups is 3. The first-order valence-electron chi connectivity index (χ1n) is 12.5. The quantitative estimate of drug-likeness (QED) is 0.406. The standard InChI is InChI=1S/C27H24BrN3O7S2/c1-36-16-5-3-15(4-6-16)31-25(33)21-20(22-24(29-27(35)40-22)39-23(21)26(31)34)17-12-14(28)2-7-18(17)38-13-19(32)30-8-10-37-11-9-30/h2-7,12,20-21,23H,8-11,13H2,1H3,(H,29,35). The largest absolute Gasteiger partial charge is 0.497 e. The zero-order chi connectivity index (χ0) is 28.0. The van der Waals surface area contributed by atoms with E-state index in [0.717, 1.165) is 15.8 Å². The average Bonchev–Trinajstić information content (AvgIpc) is 3.46. The van der Waals surface area contributed by atoms with Gasteiger partial charge in [0.15, 0.2) is 6.61 Å². The van der Waals surface area contributed by atoms with E-state index < -0.39 is 17.1 Å². The third kappa shape index (κ3) is 4.84. The lowest BCUT2D eigenvalue weighted by Gasteiger charge is -2.31. The van der Waals surface area contributed by atoms with Crippen molar-refractivity contribution < 1.29 is 28.6 Å². The van der Waals surface area contributed by atoms with Gasteiger partial charge >= 0.3 is 4.87 Å². The van der Waals surface area contributed by atoms with Gasteiger partial charge in [-0.25, -0.2) is 4.90 Å². The van der Waals surface area contributed by atoms with Crippen molar-refractivity contribution in [2.24, 2.45) is 5.92 Å². The smallest absolute Gasteiger partial charge is 0.305 e. The number of carbonyl (C=O) groups excluding carboxylic acids is 3. The Morgan fingerprint density at radius 3 is 2.58 bits per heavy atom. The van der Waals surface area contributed by atoms with Crippen LogP contribution >= 0.6 is 39.0 Å². The molecule has 3 aliphatic heterocycles. The van der Waals surface area contributed by atoms with Crippen LogP contribution in [0.15, 0.2) is 56.8 Å². The van der Waals surface area contributed by atoms with Gasteiger partial charge in [-0.2, -0.15) is 0 Å². The van der Waals surface area contributed by atoms with Gasteiger partial charge in [0.05, 0.1) is 37.0 Å². The normalized spacial score (nSPS) is 22.2. The Kier molecular flexibility index (Phi) is 7.46. The molecule has 40 heavy (non-hydrogen) atoms. The van der Waals surface area contributed by atoms with Gasteiger partial charge in [-0.05, 0) is 42.5 Å². The summed E-state index contributed by atoms with van der Waals surface area (Å²) in [7, 11) is 1.54. The van der Waals surface area contributed by atoms with Crippen molar-refractivity contribution in [3.8, 4) is 11.5 Å². The Morgan fingerprint density at radius 2 is 1.85 bits per heavy atom. The van der Waals surface area contributed by atoms with Crippen molar-refractivity contribution in [1.82, 2.24) is 9.88 Å². The number of methoxy groups -OCH3 is 1. The molecule has 2 fully saturated rings. The molecule has 2 saturated heterocycles. The number of ether oxygens (including phenoxy) is 3. The number of halogens is 1. The number of H-pyrrole nitrogens is 1.